The fraction of sp³-hybridized carbons (Fsp3) is 0.381. The molecule has 4 nitrogen and oxygen atoms in total. The van der Waals surface area contributed by atoms with Crippen LogP contribution < -0.4 is 10.6 Å². The number of ether oxygens (including phenoxy) is 1. The first kappa shape index (κ1) is 19.0. The first-order valence-electron chi connectivity index (χ1n) is 8.87. The SMILES string of the molecule is CCCOCc1ccccc1CNC(=NC)NCc1ccc(C)cc1. The molecule has 2 rings (SSSR count). The minimum atomic E-state index is 0.654. The Labute approximate surface area is 151 Å². The topological polar surface area (TPSA) is 45.6 Å². The fourth-order valence-corrected chi connectivity index (χ4v) is 2.49. The highest BCUT2D eigenvalue weighted by Gasteiger charge is 2.04. The highest BCUT2D eigenvalue weighted by atomic mass is 16.5. The molecule has 0 unspecified atom stereocenters. The maximum atomic E-state index is 5.68. The molecule has 0 saturated carbocycles. The van der Waals surface area contributed by atoms with Gasteiger partial charge in [-0.2, -0.15) is 0 Å². The van der Waals surface area contributed by atoms with Gasteiger partial charge in [-0.15, -0.1) is 0 Å². The van der Waals surface area contributed by atoms with E-state index in [1.54, 1.807) is 7.05 Å². The molecule has 0 radical (unpaired) electrons. The van der Waals surface area contributed by atoms with E-state index in [0.717, 1.165) is 32.1 Å². The Balaban J connectivity index is 1.87. The van der Waals surface area contributed by atoms with Crippen molar-refractivity contribution in [1.29, 1.82) is 0 Å². The van der Waals surface area contributed by atoms with Gasteiger partial charge >= 0.3 is 0 Å². The number of rotatable bonds is 8. The van der Waals surface area contributed by atoms with Crippen molar-refractivity contribution in [2.24, 2.45) is 4.99 Å². The van der Waals surface area contributed by atoms with Gasteiger partial charge in [-0.3, -0.25) is 4.99 Å². The van der Waals surface area contributed by atoms with E-state index in [2.05, 4.69) is 78.0 Å². The van der Waals surface area contributed by atoms with Crippen molar-refractivity contribution in [2.75, 3.05) is 13.7 Å². The van der Waals surface area contributed by atoms with Crippen molar-refractivity contribution < 1.29 is 4.74 Å². The third-order valence-electron chi connectivity index (χ3n) is 3.97. The molecule has 2 aromatic rings. The van der Waals surface area contributed by atoms with Crippen LogP contribution >= 0.6 is 0 Å². The Morgan fingerprint density at radius 3 is 2.32 bits per heavy atom. The summed E-state index contributed by atoms with van der Waals surface area (Å²) < 4.78 is 5.68. The fourth-order valence-electron chi connectivity index (χ4n) is 2.49. The largest absolute Gasteiger partial charge is 0.377 e. The molecular weight excluding hydrogens is 310 g/mol. The van der Waals surface area contributed by atoms with Crippen LogP contribution in [0.5, 0.6) is 0 Å². The smallest absolute Gasteiger partial charge is 0.191 e. The quantitative estimate of drug-likeness (QED) is 0.437. The van der Waals surface area contributed by atoms with Crippen LogP contribution in [-0.4, -0.2) is 19.6 Å². The predicted octanol–water partition coefficient (Wildman–Crippen LogP) is 3.79. The van der Waals surface area contributed by atoms with Crippen molar-refractivity contribution in [2.45, 2.75) is 40.0 Å². The van der Waals surface area contributed by atoms with Crippen LogP contribution in [0.25, 0.3) is 0 Å². The minimum Gasteiger partial charge on any atom is -0.377 e. The Morgan fingerprint density at radius 1 is 0.960 bits per heavy atom. The lowest BCUT2D eigenvalue weighted by Crippen LogP contribution is -2.36. The first-order valence-corrected chi connectivity index (χ1v) is 8.87. The summed E-state index contributed by atoms with van der Waals surface area (Å²) in [5.41, 5.74) is 4.96. The van der Waals surface area contributed by atoms with Gasteiger partial charge in [0.25, 0.3) is 0 Å². The summed E-state index contributed by atoms with van der Waals surface area (Å²) in [7, 11) is 1.79. The molecule has 0 aliphatic rings. The van der Waals surface area contributed by atoms with Crippen LogP contribution in [0.4, 0.5) is 0 Å². The van der Waals surface area contributed by atoms with Gasteiger partial charge in [0.05, 0.1) is 6.61 Å². The van der Waals surface area contributed by atoms with E-state index < -0.39 is 0 Å². The van der Waals surface area contributed by atoms with Gasteiger partial charge < -0.3 is 15.4 Å². The second-order valence-corrected chi connectivity index (χ2v) is 6.09. The third-order valence-corrected chi connectivity index (χ3v) is 3.97. The average molecular weight is 339 g/mol. The van der Waals surface area contributed by atoms with Crippen molar-refractivity contribution in [3.63, 3.8) is 0 Å². The first-order chi connectivity index (χ1) is 12.2. The molecule has 4 heteroatoms. The molecule has 0 atom stereocenters. The van der Waals surface area contributed by atoms with E-state index in [0.29, 0.717) is 6.61 Å². The number of hydrogen-bond donors (Lipinski definition) is 2. The zero-order valence-electron chi connectivity index (χ0n) is 15.5. The lowest BCUT2D eigenvalue weighted by atomic mass is 10.1. The number of hydrogen-bond acceptors (Lipinski definition) is 2. The highest BCUT2D eigenvalue weighted by molar-refractivity contribution is 5.79. The summed E-state index contributed by atoms with van der Waals surface area (Å²) in [6, 6.07) is 16.9. The van der Waals surface area contributed by atoms with E-state index in [9.17, 15) is 0 Å². The van der Waals surface area contributed by atoms with E-state index in [4.69, 9.17) is 4.74 Å². The van der Waals surface area contributed by atoms with Crippen molar-refractivity contribution in [3.8, 4) is 0 Å². The van der Waals surface area contributed by atoms with Crippen LogP contribution in [0, 0.1) is 6.92 Å². The molecule has 0 bridgehead atoms. The molecule has 0 fully saturated rings. The zero-order chi connectivity index (χ0) is 17.9. The molecule has 0 saturated heterocycles. The van der Waals surface area contributed by atoms with Crippen LogP contribution in [0.2, 0.25) is 0 Å². The molecule has 0 aliphatic carbocycles. The monoisotopic (exact) mass is 339 g/mol. The number of aryl methyl sites for hydroxylation is 1. The zero-order valence-corrected chi connectivity index (χ0v) is 15.5. The Kier molecular flexibility index (Phi) is 7.99. The molecule has 134 valence electrons. The normalized spacial score (nSPS) is 11.4. The number of benzene rings is 2. The highest BCUT2D eigenvalue weighted by Crippen LogP contribution is 2.10. The summed E-state index contributed by atoms with van der Waals surface area (Å²) in [4.78, 5) is 4.30. The van der Waals surface area contributed by atoms with Crippen molar-refractivity contribution in [3.05, 3.63) is 70.8 Å². The standard InChI is InChI=1S/C21H29N3O/c1-4-13-25-16-20-8-6-5-7-19(20)15-24-21(22-3)23-14-18-11-9-17(2)10-12-18/h5-12H,4,13-16H2,1-3H3,(H2,22,23,24). The van der Waals surface area contributed by atoms with Gasteiger partial charge in [-0.05, 0) is 30.0 Å². The van der Waals surface area contributed by atoms with Gasteiger partial charge in [-0.25, -0.2) is 0 Å². The van der Waals surface area contributed by atoms with Crippen LogP contribution in [-0.2, 0) is 24.4 Å². The second-order valence-electron chi connectivity index (χ2n) is 6.09. The Hall–Kier alpha value is -2.33. The van der Waals surface area contributed by atoms with E-state index in [1.165, 1.54) is 22.3 Å². The minimum absolute atomic E-state index is 0.654. The van der Waals surface area contributed by atoms with Crippen LogP contribution in [0.15, 0.2) is 53.5 Å². The summed E-state index contributed by atoms with van der Waals surface area (Å²) in [6.45, 7) is 7.14. The lowest BCUT2D eigenvalue weighted by Gasteiger charge is -2.14. The van der Waals surface area contributed by atoms with E-state index in [1.807, 2.05) is 0 Å². The summed E-state index contributed by atoms with van der Waals surface area (Å²) in [6.07, 6.45) is 1.04. The average Bonchev–Trinajstić information content (AvgIpc) is 2.64. The molecule has 0 aliphatic heterocycles. The van der Waals surface area contributed by atoms with Gasteiger partial charge in [0.15, 0.2) is 5.96 Å². The van der Waals surface area contributed by atoms with Gasteiger partial charge in [0.2, 0.25) is 0 Å². The Morgan fingerprint density at radius 2 is 1.64 bits per heavy atom. The molecule has 0 amide bonds. The molecule has 0 aromatic heterocycles. The van der Waals surface area contributed by atoms with Gasteiger partial charge in [0, 0.05) is 26.7 Å². The molecule has 25 heavy (non-hydrogen) atoms. The van der Waals surface area contributed by atoms with E-state index in [-0.39, 0.29) is 0 Å². The maximum absolute atomic E-state index is 5.68. The molecule has 2 aromatic carbocycles. The number of nitrogens with zero attached hydrogens (tertiary/aromatic N) is 1. The summed E-state index contributed by atoms with van der Waals surface area (Å²) >= 11 is 0. The van der Waals surface area contributed by atoms with Gasteiger partial charge in [0.1, 0.15) is 0 Å². The molecular formula is C21H29N3O. The lowest BCUT2D eigenvalue weighted by molar-refractivity contribution is 0.121. The van der Waals surface area contributed by atoms with Crippen LogP contribution in [0.1, 0.15) is 35.6 Å². The number of guanidine groups is 1. The van der Waals surface area contributed by atoms with Crippen LogP contribution in [0.3, 0.4) is 0 Å². The van der Waals surface area contributed by atoms with Crippen molar-refractivity contribution >= 4 is 5.96 Å². The second kappa shape index (κ2) is 10.5. The third kappa shape index (κ3) is 6.59. The van der Waals surface area contributed by atoms with Gasteiger partial charge in [-0.1, -0.05) is 61.0 Å². The number of aliphatic imine (C=N–C) groups is 1. The summed E-state index contributed by atoms with van der Waals surface area (Å²) in [5, 5.41) is 6.74. The summed E-state index contributed by atoms with van der Waals surface area (Å²) in [5.74, 6) is 0.796. The molecule has 0 heterocycles. The maximum Gasteiger partial charge on any atom is 0.191 e. The number of nitrogens with one attached hydrogen (secondary N) is 2. The Bertz CT molecular complexity index is 665. The molecule has 2 N–H and O–H groups in total. The predicted molar refractivity (Wildman–Crippen MR) is 105 cm³/mol. The van der Waals surface area contributed by atoms with E-state index >= 15 is 0 Å². The molecule has 0 spiro atoms. The van der Waals surface area contributed by atoms with Crippen molar-refractivity contribution in [1.82, 2.24) is 10.6 Å².